The molecule has 1 aliphatic carbocycles. The molecule has 0 aromatic heterocycles. The van der Waals surface area contributed by atoms with E-state index in [4.69, 9.17) is 0 Å². The van der Waals surface area contributed by atoms with Crippen LogP contribution < -0.4 is 0 Å². The molecule has 0 aromatic rings. The first-order valence-electron chi connectivity index (χ1n) is 3.70. The van der Waals surface area contributed by atoms with Gasteiger partial charge in [-0.25, -0.2) is 0 Å². The van der Waals surface area contributed by atoms with Crippen molar-refractivity contribution >= 4 is 6.21 Å². The molecule has 0 amide bonds. The van der Waals surface area contributed by atoms with Crippen LogP contribution in [0.5, 0.6) is 0 Å². The van der Waals surface area contributed by atoms with E-state index in [0.717, 1.165) is 0 Å². The van der Waals surface area contributed by atoms with Gasteiger partial charge in [-0.3, -0.25) is 4.99 Å². The number of allylic oxidation sites excluding steroid dienone is 2. The van der Waals surface area contributed by atoms with Crippen LogP contribution in [0.25, 0.3) is 0 Å². The largest absolute Gasteiger partial charge is 0.266 e. The minimum Gasteiger partial charge on any atom is -0.266 e. The van der Waals surface area contributed by atoms with Crippen molar-refractivity contribution in [1.29, 1.82) is 0 Å². The molecule has 2 aliphatic rings. The minimum atomic E-state index is 1.18. The molecular formula is C8H11N. The van der Waals surface area contributed by atoms with Crippen molar-refractivity contribution in [3.8, 4) is 0 Å². The molecule has 0 fully saturated rings. The molecule has 1 heterocycles. The highest BCUT2D eigenvalue weighted by Gasteiger charge is 2.14. The Kier molecular flexibility index (Phi) is 1.15. The second-order valence-corrected chi connectivity index (χ2v) is 2.75. The number of aliphatic imine (C=N–C) groups is 1. The lowest BCUT2D eigenvalue weighted by atomic mass is 10.1. The molecule has 0 aromatic carbocycles. The fourth-order valence-electron chi connectivity index (χ4n) is 1.63. The van der Waals surface area contributed by atoms with Gasteiger partial charge >= 0.3 is 0 Å². The number of hydrogen-bond acceptors (Lipinski definition) is 1. The van der Waals surface area contributed by atoms with Gasteiger partial charge in [0.15, 0.2) is 0 Å². The van der Waals surface area contributed by atoms with Crippen molar-refractivity contribution in [3.05, 3.63) is 11.3 Å². The van der Waals surface area contributed by atoms with E-state index < -0.39 is 0 Å². The van der Waals surface area contributed by atoms with E-state index in [2.05, 4.69) is 11.2 Å². The van der Waals surface area contributed by atoms with E-state index >= 15 is 0 Å². The third-order valence-corrected chi connectivity index (χ3v) is 2.12. The van der Waals surface area contributed by atoms with E-state index in [9.17, 15) is 0 Å². The molecule has 0 saturated heterocycles. The summed E-state index contributed by atoms with van der Waals surface area (Å²) in [6.07, 6.45) is 8.45. The number of nitrogens with zero attached hydrogens (tertiary/aromatic N) is 1. The van der Waals surface area contributed by atoms with Crippen molar-refractivity contribution in [2.24, 2.45) is 4.99 Å². The van der Waals surface area contributed by atoms with Crippen LogP contribution in [-0.2, 0) is 0 Å². The maximum absolute atomic E-state index is 4.35. The smallest absolute Gasteiger partial charge is 0.0391 e. The Morgan fingerprint density at radius 3 is 3.11 bits per heavy atom. The molecule has 0 atom stereocenters. The molecule has 0 saturated carbocycles. The van der Waals surface area contributed by atoms with E-state index in [-0.39, 0.29) is 0 Å². The van der Waals surface area contributed by atoms with Crippen LogP contribution in [0, 0.1) is 0 Å². The lowest BCUT2D eigenvalue weighted by Gasteiger charge is -2.05. The molecule has 48 valence electrons. The zero-order chi connectivity index (χ0) is 6.10. The van der Waals surface area contributed by atoms with Crippen LogP contribution in [0.15, 0.2) is 16.3 Å². The highest BCUT2D eigenvalue weighted by Crippen LogP contribution is 2.31. The van der Waals surface area contributed by atoms with Gasteiger partial charge < -0.3 is 0 Å². The number of hydrogen-bond donors (Lipinski definition) is 0. The van der Waals surface area contributed by atoms with Crippen molar-refractivity contribution in [2.45, 2.75) is 32.1 Å². The maximum atomic E-state index is 4.35. The third kappa shape index (κ3) is 0.805. The van der Waals surface area contributed by atoms with Gasteiger partial charge in [-0.2, -0.15) is 0 Å². The highest BCUT2D eigenvalue weighted by molar-refractivity contribution is 5.61. The molecular weight excluding hydrogens is 110 g/mol. The fraction of sp³-hybridized carbons (Fsp3) is 0.625. The topological polar surface area (TPSA) is 12.4 Å². The summed E-state index contributed by atoms with van der Waals surface area (Å²) < 4.78 is 0. The van der Waals surface area contributed by atoms with Crippen LogP contribution in [0.1, 0.15) is 32.1 Å². The Labute approximate surface area is 55.5 Å². The van der Waals surface area contributed by atoms with Gasteiger partial charge in [0.1, 0.15) is 0 Å². The van der Waals surface area contributed by atoms with E-state index in [1.807, 2.05) is 0 Å². The summed E-state index contributed by atoms with van der Waals surface area (Å²) in [5.74, 6) is 0. The van der Waals surface area contributed by atoms with Crippen LogP contribution in [0.2, 0.25) is 0 Å². The summed E-state index contributed by atoms with van der Waals surface area (Å²) in [5.41, 5.74) is 3.04. The average molecular weight is 121 g/mol. The van der Waals surface area contributed by atoms with E-state index in [1.54, 1.807) is 5.57 Å². The molecule has 1 heteroatoms. The molecule has 1 aliphatic heterocycles. The van der Waals surface area contributed by atoms with Gasteiger partial charge in [0.25, 0.3) is 0 Å². The van der Waals surface area contributed by atoms with Crippen LogP contribution in [0.3, 0.4) is 0 Å². The standard InChI is InChI=1S/C8H11N/c1-3-7-4-2-6-9-8(7)5-1/h6H,1-5H2. The molecule has 0 unspecified atom stereocenters. The summed E-state index contributed by atoms with van der Waals surface area (Å²) >= 11 is 0. The summed E-state index contributed by atoms with van der Waals surface area (Å²) in [6.45, 7) is 0. The second-order valence-electron chi connectivity index (χ2n) is 2.75. The first kappa shape index (κ1) is 5.21. The Morgan fingerprint density at radius 1 is 1.22 bits per heavy atom. The van der Waals surface area contributed by atoms with Crippen LogP contribution >= 0.6 is 0 Å². The van der Waals surface area contributed by atoms with E-state index in [1.165, 1.54) is 37.8 Å². The average Bonchev–Trinajstić information content (AvgIpc) is 2.33. The quantitative estimate of drug-likeness (QED) is 0.466. The van der Waals surface area contributed by atoms with Gasteiger partial charge in [-0.1, -0.05) is 0 Å². The Hall–Kier alpha value is -0.590. The van der Waals surface area contributed by atoms with Crippen LogP contribution in [0.4, 0.5) is 0 Å². The Bertz CT molecular complexity index is 177. The van der Waals surface area contributed by atoms with Gasteiger partial charge in [0.2, 0.25) is 0 Å². The van der Waals surface area contributed by atoms with Gasteiger partial charge in [0, 0.05) is 11.9 Å². The third-order valence-electron chi connectivity index (χ3n) is 2.12. The molecule has 9 heavy (non-hydrogen) atoms. The van der Waals surface area contributed by atoms with Gasteiger partial charge in [-0.15, -0.1) is 0 Å². The van der Waals surface area contributed by atoms with Crippen molar-refractivity contribution in [3.63, 3.8) is 0 Å². The first-order valence-corrected chi connectivity index (χ1v) is 3.70. The van der Waals surface area contributed by atoms with Crippen molar-refractivity contribution in [2.75, 3.05) is 0 Å². The fourth-order valence-corrected chi connectivity index (χ4v) is 1.63. The second kappa shape index (κ2) is 1.98. The predicted molar refractivity (Wildman–Crippen MR) is 38.6 cm³/mol. The summed E-state index contributed by atoms with van der Waals surface area (Å²) in [7, 11) is 0. The SMILES string of the molecule is C1=NC2=C(CC1)CCC2. The predicted octanol–water partition coefficient (Wildman–Crippen LogP) is 2.29. The maximum Gasteiger partial charge on any atom is 0.0391 e. The zero-order valence-corrected chi connectivity index (χ0v) is 5.56. The molecule has 0 bridgehead atoms. The molecule has 0 N–H and O–H groups in total. The summed E-state index contributed by atoms with van der Waals surface area (Å²) in [5, 5.41) is 0. The minimum absolute atomic E-state index is 1.18. The molecule has 0 radical (unpaired) electrons. The van der Waals surface area contributed by atoms with Gasteiger partial charge in [0.05, 0.1) is 0 Å². The Balaban J connectivity index is 2.28. The monoisotopic (exact) mass is 121 g/mol. The zero-order valence-electron chi connectivity index (χ0n) is 5.56. The molecule has 1 nitrogen and oxygen atoms in total. The summed E-state index contributed by atoms with van der Waals surface area (Å²) in [6, 6.07) is 0. The van der Waals surface area contributed by atoms with Gasteiger partial charge in [-0.05, 0) is 37.7 Å². The van der Waals surface area contributed by atoms with Crippen molar-refractivity contribution < 1.29 is 0 Å². The number of rotatable bonds is 0. The Morgan fingerprint density at radius 2 is 2.22 bits per heavy atom. The molecule has 0 spiro atoms. The molecule has 2 rings (SSSR count). The van der Waals surface area contributed by atoms with Crippen molar-refractivity contribution in [1.82, 2.24) is 0 Å². The lowest BCUT2D eigenvalue weighted by Crippen LogP contribution is -1.90. The lowest BCUT2D eigenvalue weighted by molar-refractivity contribution is 0.868. The normalized spacial score (nSPS) is 24.9. The first-order chi connectivity index (χ1) is 4.47. The highest BCUT2D eigenvalue weighted by atomic mass is 14.8. The summed E-state index contributed by atoms with van der Waals surface area (Å²) in [4.78, 5) is 4.35. The van der Waals surface area contributed by atoms with E-state index in [0.29, 0.717) is 0 Å². The van der Waals surface area contributed by atoms with Crippen LogP contribution in [-0.4, -0.2) is 6.21 Å².